The van der Waals surface area contributed by atoms with Gasteiger partial charge in [0.2, 0.25) is 11.8 Å². The number of alkyl halides is 3. The number of nitrogens with two attached hydrogens (primary N) is 1. The maximum absolute atomic E-state index is 12.0. The zero-order valence-corrected chi connectivity index (χ0v) is 9.98. The average molecular weight is 276 g/mol. The number of nitriles is 1. The van der Waals surface area contributed by atoms with E-state index >= 15 is 0 Å². The molecule has 0 aromatic carbocycles. The summed E-state index contributed by atoms with van der Waals surface area (Å²) in [6.45, 7) is 0.0546. The molecule has 5 nitrogen and oxygen atoms in total. The number of hydrogen-bond donors (Lipinski definition) is 1. The minimum absolute atomic E-state index is 0.0546. The summed E-state index contributed by atoms with van der Waals surface area (Å²) in [6.07, 6.45) is -4.94. The van der Waals surface area contributed by atoms with Gasteiger partial charge in [0, 0.05) is 6.54 Å². The molecule has 1 aliphatic heterocycles. The maximum Gasteiger partial charge on any atom is 0.389 e. The highest BCUT2D eigenvalue weighted by Crippen LogP contribution is 2.25. The standard InChI is InChI=1S/C11H13F3N3O2/c12-11(13,14)3-1-9(18)17-4-2-7(6-15)5-8(17)10(16)19/h1,7-8H,2-5H2,(H2,16,19)/t7?,8-/m1/s1. The Kier molecular flexibility index (Phi) is 4.75. The number of amides is 2. The van der Waals surface area contributed by atoms with E-state index in [0.717, 1.165) is 4.90 Å². The average Bonchev–Trinajstić information content (AvgIpc) is 2.34. The number of likely N-dealkylation sites (tertiary alicyclic amines) is 1. The van der Waals surface area contributed by atoms with Gasteiger partial charge in [-0.2, -0.15) is 18.4 Å². The number of carbonyl (C=O) groups is 2. The number of primary amides is 1. The van der Waals surface area contributed by atoms with E-state index in [1.165, 1.54) is 0 Å². The Balaban J connectivity index is 2.67. The Bertz CT molecular complexity index is 403. The van der Waals surface area contributed by atoms with Crippen LogP contribution >= 0.6 is 0 Å². The van der Waals surface area contributed by atoms with Gasteiger partial charge in [-0.1, -0.05) is 0 Å². The first-order chi connectivity index (χ1) is 8.74. The summed E-state index contributed by atoms with van der Waals surface area (Å²) in [7, 11) is 0. The van der Waals surface area contributed by atoms with Gasteiger partial charge in [0.25, 0.3) is 0 Å². The molecule has 1 radical (unpaired) electrons. The fourth-order valence-corrected chi connectivity index (χ4v) is 1.94. The predicted molar refractivity (Wildman–Crippen MR) is 58.0 cm³/mol. The molecule has 19 heavy (non-hydrogen) atoms. The second-order valence-corrected chi connectivity index (χ2v) is 4.32. The lowest BCUT2D eigenvalue weighted by Gasteiger charge is -2.35. The summed E-state index contributed by atoms with van der Waals surface area (Å²) in [5.74, 6) is -2.10. The van der Waals surface area contributed by atoms with Crippen LogP contribution in [0.2, 0.25) is 0 Å². The summed E-state index contributed by atoms with van der Waals surface area (Å²) < 4.78 is 36.1. The minimum Gasteiger partial charge on any atom is -0.368 e. The lowest BCUT2D eigenvalue weighted by Crippen LogP contribution is -2.52. The van der Waals surface area contributed by atoms with Crippen LogP contribution in [0, 0.1) is 23.7 Å². The highest BCUT2D eigenvalue weighted by atomic mass is 19.4. The molecule has 2 N–H and O–H groups in total. The first-order valence-corrected chi connectivity index (χ1v) is 5.64. The van der Waals surface area contributed by atoms with Crippen molar-refractivity contribution in [1.29, 1.82) is 5.26 Å². The molecule has 1 rings (SSSR count). The van der Waals surface area contributed by atoms with E-state index in [1.54, 1.807) is 0 Å². The summed E-state index contributed by atoms with van der Waals surface area (Å²) in [5.41, 5.74) is 5.12. The van der Waals surface area contributed by atoms with Gasteiger partial charge in [-0.25, -0.2) is 0 Å². The van der Waals surface area contributed by atoms with Crippen molar-refractivity contribution in [1.82, 2.24) is 4.90 Å². The van der Waals surface area contributed by atoms with Gasteiger partial charge in [-0.15, -0.1) is 0 Å². The van der Waals surface area contributed by atoms with Crippen LogP contribution in [0.25, 0.3) is 0 Å². The molecule has 2 amide bonds. The number of nitrogens with zero attached hydrogens (tertiary/aromatic N) is 2. The molecular formula is C11H13F3N3O2. The summed E-state index contributed by atoms with van der Waals surface area (Å²) in [5, 5.41) is 8.76. The van der Waals surface area contributed by atoms with E-state index in [9.17, 15) is 22.8 Å². The van der Waals surface area contributed by atoms with Crippen LogP contribution in [0.3, 0.4) is 0 Å². The van der Waals surface area contributed by atoms with Crippen LogP contribution in [0.15, 0.2) is 0 Å². The highest BCUT2D eigenvalue weighted by Gasteiger charge is 2.36. The van der Waals surface area contributed by atoms with Crippen molar-refractivity contribution in [2.75, 3.05) is 6.54 Å². The van der Waals surface area contributed by atoms with Gasteiger partial charge < -0.3 is 10.6 Å². The highest BCUT2D eigenvalue weighted by molar-refractivity contribution is 5.91. The van der Waals surface area contributed by atoms with Gasteiger partial charge in [0.05, 0.1) is 24.8 Å². The van der Waals surface area contributed by atoms with Gasteiger partial charge in [0.1, 0.15) is 6.04 Å². The number of rotatable bonds is 3. The molecular weight excluding hydrogens is 263 g/mol. The van der Waals surface area contributed by atoms with Gasteiger partial charge in [-0.3, -0.25) is 9.59 Å². The fraction of sp³-hybridized carbons (Fsp3) is 0.636. The quantitative estimate of drug-likeness (QED) is 0.825. The molecule has 0 saturated carbocycles. The third kappa shape index (κ3) is 4.43. The molecule has 1 saturated heterocycles. The van der Waals surface area contributed by atoms with Gasteiger partial charge in [0.15, 0.2) is 0 Å². The topological polar surface area (TPSA) is 87.2 Å². The third-order valence-corrected chi connectivity index (χ3v) is 2.90. The van der Waals surface area contributed by atoms with Crippen LogP contribution in [-0.4, -0.2) is 35.5 Å². The predicted octanol–water partition coefficient (Wildman–Crippen LogP) is 0.759. The SMILES string of the molecule is N#CC1CCN(C(=O)[CH]CC(F)(F)F)[C@@H](C(N)=O)C1. The van der Waals surface area contributed by atoms with Crippen LogP contribution in [0.5, 0.6) is 0 Å². The second-order valence-electron chi connectivity index (χ2n) is 4.32. The largest absolute Gasteiger partial charge is 0.389 e. The number of carbonyl (C=O) groups excluding carboxylic acids is 2. The molecule has 105 valence electrons. The van der Waals surface area contributed by atoms with E-state index in [1.807, 2.05) is 6.07 Å². The fourth-order valence-electron chi connectivity index (χ4n) is 1.94. The molecule has 0 aliphatic carbocycles. The number of halogens is 3. The van der Waals surface area contributed by atoms with Crippen molar-refractivity contribution in [2.24, 2.45) is 11.7 Å². The Morgan fingerprint density at radius 1 is 1.47 bits per heavy atom. The second kappa shape index (κ2) is 5.91. The van der Waals surface area contributed by atoms with Crippen molar-refractivity contribution in [3.05, 3.63) is 6.42 Å². The van der Waals surface area contributed by atoms with E-state index in [-0.39, 0.29) is 13.0 Å². The number of piperidine rings is 1. The Hall–Kier alpha value is -1.78. The summed E-state index contributed by atoms with van der Waals surface area (Å²) >= 11 is 0. The zero-order chi connectivity index (χ0) is 14.6. The van der Waals surface area contributed by atoms with Crippen molar-refractivity contribution >= 4 is 11.8 Å². The number of hydrogen-bond acceptors (Lipinski definition) is 3. The van der Waals surface area contributed by atoms with Crippen molar-refractivity contribution in [3.8, 4) is 6.07 Å². The molecule has 1 aliphatic rings. The molecule has 0 aromatic rings. The smallest absolute Gasteiger partial charge is 0.368 e. The molecule has 1 unspecified atom stereocenters. The van der Waals surface area contributed by atoms with Crippen LogP contribution < -0.4 is 5.73 Å². The maximum atomic E-state index is 12.0. The molecule has 8 heteroatoms. The minimum atomic E-state index is -4.47. The first kappa shape index (κ1) is 15.3. The lowest BCUT2D eigenvalue weighted by atomic mass is 9.91. The van der Waals surface area contributed by atoms with E-state index in [2.05, 4.69) is 0 Å². The first-order valence-electron chi connectivity index (χ1n) is 5.64. The Labute approximate surface area is 108 Å². The normalized spacial score (nSPS) is 23.8. The molecule has 0 spiro atoms. The van der Waals surface area contributed by atoms with Gasteiger partial charge >= 0.3 is 6.18 Å². The molecule has 0 bridgehead atoms. The van der Waals surface area contributed by atoms with Crippen LogP contribution in [0.1, 0.15) is 19.3 Å². The van der Waals surface area contributed by atoms with Crippen molar-refractivity contribution < 1.29 is 22.8 Å². The summed E-state index contributed by atoms with van der Waals surface area (Å²) in [4.78, 5) is 23.9. The molecule has 0 aromatic heterocycles. The summed E-state index contributed by atoms with van der Waals surface area (Å²) in [6, 6.07) is 0.950. The van der Waals surface area contributed by atoms with Crippen molar-refractivity contribution in [2.45, 2.75) is 31.5 Å². The van der Waals surface area contributed by atoms with E-state index in [0.29, 0.717) is 12.8 Å². The third-order valence-electron chi connectivity index (χ3n) is 2.90. The van der Waals surface area contributed by atoms with Crippen LogP contribution in [-0.2, 0) is 9.59 Å². The van der Waals surface area contributed by atoms with Gasteiger partial charge in [-0.05, 0) is 12.8 Å². The Morgan fingerprint density at radius 3 is 2.58 bits per heavy atom. The Morgan fingerprint density at radius 2 is 2.11 bits per heavy atom. The monoisotopic (exact) mass is 276 g/mol. The van der Waals surface area contributed by atoms with Crippen molar-refractivity contribution in [3.63, 3.8) is 0 Å². The lowest BCUT2D eigenvalue weighted by molar-refractivity contribution is -0.145. The molecule has 1 heterocycles. The van der Waals surface area contributed by atoms with E-state index < -0.39 is 36.4 Å². The zero-order valence-electron chi connectivity index (χ0n) is 9.98. The van der Waals surface area contributed by atoms with E-state index in [4.69, 9.17) is 11.0 Å². The molecule has 2 atom stereocenters. The van der Waals surface area contributed by atoms with Crippen LogP contribution in [0.4, 0.5) is 13.2 Å². The molecule has 1 fully saturated rings.